The standard InChI is InChI=1S/C17H16Br2N2O2S/c1-12-5-7-16(8-6-12)24(22,23)21-15(11-18)10-17(20-21)13-3-2-4-14(19)9-13/h2-9,15H,10-11H2,1H3. The summed E-state index contributed by atoms with van der Waals surface area (Å²) in [5, 5.41) is 4.96. The molecule has 0 saturated heterocycles. The van der Waals surface area contributed by atoms with Crippen LogP contribution in [-0.2, 0) is 10.0 Å². The molecule has 0 aliphatic carbocycles. The van der Waals surface area contributed by atoms with Crippen LogP contribution >= 0.6 is 31.9 Å². The highest BCUT2D eigenvalue weighted by Gasteiger charge is 2.36. The minimum atomic E-state index is -3.66. The third-order valence-electron chi connectivity index (χ3n) is 3.86. The van der Waals surface area contributed by atoms with Gasteiger partial charge in [0.2, 0.25) is 0 Å². The molecule has 0 amide bonds. The first-order valence-corrected chi connectivity index (χ1v) is 10.8. The minimum absolute atomic E-state index is 0.231. The van der Waals surface area contributed by atoms with E-state index in [1.807, 2.05) is 31.2 Å². The molecule has 1 atom stereocenters. The molecule has 2 aromatic rings. The Morgan fingerprint density at radius 1 is 1.21 bits per heavy atom. The fourth-order valence-electron chi connectivity index (χ4n) is 2.57. The summed E-state index contributed by atoms with van der Waals surface area (Å²) in [7, 11) is -3.66. The van der Waals surface area contributed by atoms with Crippen LogP contribution in [0.2, 0.25) is 0 Å². The van der Waals surface area contributed by atoms with Gasteiger partial charge in [0.05, 0.1) is 16.6 Å². The summed E-state index contributed by atoms with van der Waals surface area (Å²) in [6.07, 6.45) is 0.576. The third kappa shape index (κ3) is 3.43. The number of halogens is 2. The van der Waals surface area contributed by atoms with Crippen molar-refractivity contribution in [2.75, 3.05) is 5.33 Å². The number of benzene rings is 2. The lowest BCUT2D eigenvalue weighted by Crippen LogP contribution is -2.33. The number of nitrogens with zero attached hydrogens (tertiary/aromatic N) is 2. The van der Waals surface area contributed by atoms with Gasteiger partial charge in [0.15, 0.2) is 0 Å². The van der Waals surface area contributed by atoms with Gasteiger partial charge in [0.1, 0.15) is 0 Å². The van der Waals surface area contributed by atoms with Crippen LogP contribution in [0.3, 0.4) is 0 Å². The lowest BCUT2D eigenvalue weighted by molar-refractivity contribution is 0.389. The van der Waals surface area contributed by atoms with E-state index < -0.39 is 10.0 Å². The topological polar surface area (TPSA) is 49.7 Å². The monoisotopic (exact) mass is 470 g/mol. The van der Waals surface area contributed by atoms with Crippen LogP contribution in [-0.4, -0.2) is 29.9 Å². The average molecular weight is 472 g/mol. The first-order chi connectivity index (χ1) is 11.4. The summed E-state index contributed by atoms with van der Waals surface area (Å²) in [6.45, 7) is 1.93. The maximum absolute atomic E-state index is 12.9. The van der Waals surface area contributed by atoms with Crippen molar-refractivity contribution in [2.45, 2.75) is 24.3 Å². The molecule has 2 aromatic carbocycles. The fourth-order valence-corrected chi connectivity index (χ4v) is 5.11. The number of rotatable bonds is 4. The zero-order chi connectivity index (χ0) is 17.3. The molecule has 4 nitrogen and oxygen atoms in total. The van der Waals surface area contributed by atoms with Crippen LogP contribution < -0.4 is 0 Å². The summed E-state index contributed by atoms with van der Waals surface area (Å²) in [6, 6.07) is 14.4. The van der Waals surface area contributed by atoms with Gasteiger partial charge in [0, 0.05) is 16.2 Å². The van der Waals surface area contributed by atoms with Crippen molar-refractivity contribution in [3.05, 3.63) is 64.1 Å². The van der Waals surface area contributed by atoms with Gasteiger partial charge in [-0.25, -0.2) is 0 Å². The fraction of sp³-hybridized carbons (Fsp3) is 0.235. The third-order valence-corrected chi connectivity index (χ3v) is 6.84. The first-order valence-electron chi connectivity index (χ1n) is 7.42. The van der Waals surface area contributed by atoms with Crippen molar-refractivity contribution in [3.8, 4) is 0 Å². The molecule has 0 fully saturated rings. The molecule has 0 aromatic heterocycles. The molecule has 0 saturated carbocycles. The van der Waals surface area contributed by atoms with Crippen molar-refractivity contribution in [1.29, 1.82) is 0 Å². The highest BCUT2D eigenvalue weighted by atomic mass is 79.9. The SMILES string of the molecule is Cc1ccc(S(=O)(=O)N2N=C(c3cccc(Br)c3)CC2CBr)cc1. The quantitative estimate of drug-likeness (QED) is 0.623. The molecule has 126 valence electrons. The number of alkyl halides is 1. The number of sulfonamides is 1. The van der Waals surface area contributed by atoms with Crippen LogP contribution in [0.15, 0.2) is 63.0 Å². The minimum Gasteiger partial charge on any atom is -0.200 e. The van der Waals surface area contributed by atoms with E-state index in [0.29, 0.717) is 11.8 Å². The van der Waals surface area contributed by atoms with Gasteiger partial charge in [-0.05, 0) is 36.8 Å². The van der Waals surface area contributed by atoms with Gasteiger partial charge in [-0.3, -0.25) is 0 Å². The Balaban J connectivity index is 2.00. The molecule has 1 unspecified atom stereocenters. The molecule has 24 heavy (non-hydrogen) atoms. The summed E-state index contributed by atoms with van der Waals surface area (Å²) in [5.74, 6) is 0. The number of hydrogen-bond acceptors (Lipinski definition) is 3. The second-order valence-electron chi connectivity index (χ2n) is 5.66. The molecule has 3 rings (SSSR count). The largest absolute Gasteiger partial charge is 0.279 e. The van der Waals surface area contributed by atoms with Gasteiger partial charge in [-0.1, -0.05) is 61.7 Å². The summed E-state index contributed by atoms with van der Waals surface area (Å²) in [5.41, 5.74) is 2.72. The molecule has 1 aliphatic heterocycles. The predicted octanol–water partition coefficient (Wildman–Crippen LogP) is 4.32. The number of hydrogen-bond donors (Lipinski definition) is 0. The Bertz CT molecular complexity index is 880. The Labute approximate surface area is 158 Å². The molecule has 0 bridgehead atoms. The van der Waals surface area contributed by atoms with Gasteiger partial charge in [-0.15, -0.1) is 0 Å². The molecular weight excluding hydrogens is 456 g/mol. The maximum atomic E-state index is 12.9. The van der Waals surface area contributed by atoms with Crippen molar-refractivity contribution in [1.82, 2.24) is 4.41 Å². The van der Waals surface area contributed by atoms with Crippen LogP contribution in [0.4, 0.5) is 0 Å². The van der Waals surface area contributed by atoms with E-state index in [9.17, 15) is 8.42 Å². The molecular formula is C17H16Br2N2O2S. The van der Waals surface area contributed by atoms with Crippen LogP contribution in [0.1, 0.15) is 17.5 Å². The van der Waals surface area contributed by atoms with E-state index in [1.54, 1.807) is 24.3 Å². The van der Waals surface area contributed by atoms with E-state index in [1.165, 1.54) is 4.41 Å². The van der Waals surface area contributed by atoms with E-state index in [4.69, 9.17) is 0 Å². The number of aryl methyl sites for hydroxylation is 1. The van der Waals surface area contributed by atoms with Crippen LogP contribution in [0.25, 0.3) is 0 Å². The second kappa shape index (κ2) is 6.98. The molecule has 0 N–H and O–H groups in total. The van der Waals surface area contributed by atoms with Gasteiger partial charge >= 0.3 is 0 Å². The lowest BCUT2D eigenvalue weighted by Gasteiger charge is -2.21. The highest BCUT2D eigenvalue weighted by molar-refractivity contribution is 9.10. The molecule has 1 aliphatic rings. The van der Waals surface area contributed by atoms with E-state index >= 15 is 0 Å². The summed E-state index contributed by atoms with van der Waals surface area (Å²) < 4.78 is 28.1. The normalized spacial score (nSPS) is 17.9. The Kier molecular flexibility index (Phi) is 5.13. The van der Waals surface area contributed by atoms with Crippen LogP contribution in [0.5, 0.6) is 0 Å². The van der Waals surface area contributed by atoms with Crippen LogP contribution in [0, 0.1) is 6.92 Å². The van der Waals surface area contributed by atoms with Gasteiger partial charge < -0.3 is 0 Å². The first kappa shape index (κ1) is 17.6. The number of hydrazone groups is 1. The molecule has 1 heterocycles. The molecule has 7 heteroatoms. The van der Waals surface area contributed by atoms with Crippen molar-refractivity contribution < 1.29 is 8.42 Å². The van der Waals surface area contributed by atoms with Gasteiger partial charge in [-0.2, -0.15) is 17.9 Å². The zero-order valence-corrected chi connectivity index (χ0v) is 17.0. The van der Waals surface area contributed by atoms with Crippen molar-refractivity contribution in [2.24, 2.45) is 5.10 Å². The zero-order valence-electron chi connectivity index (χ0n) is 13.0. The van der Waals surface area contributed by atoms with Crippen molar-refractivity contribution >= 4 is 47.6 Å². The Morgan fingerprint density at radius 2 is 1.92 bits per heavy atom. The summed E-state index contributed by atoms with van der Waals surface area (Å²) in [4.78, 5) is 0.262. The Morgan fingerprint density at radius 3 is 2.54 bits per heavy atom. The van der Waals surface area contributed by atoms with Crippen molar-refractivity contribution in [3.63, 3.8) is 0 Å². The maximum Gasteiger partial charge on any atom is 0.279 e. The van der Waals surface area contributed by atoms with Gasteiger partial charge in [0.25, 0.3) is 10.0 Å². The summed E-state index contributed by atoms with van der Waals surface area (Å²) >= 11 is 6.86. The second-order valence-corrected chi connectivity index (χ2v) is 9.02. The van der Waals surface area contributed by atoms with E-state index in [-0.39, 0.29) is 10.9 Å². The molecule has 0 spiro atoms. The predicted molar refractivity (Wildman–Crippen MR) is 103 cm³/mol. The average Bonchev–Trinajstić information content (AvgIpc) is 3.00. The smallest absolute Gasteiger partial charge is 0.200 e. The lowest BCUT2D eigenvalue weighted by atomic mass is 10.1. The Hall–Kier alpha value is -1.18. The molecule has 0 radical (unpaired) electrons. The highest BCUT2D eigenvalue weighted by Crippen LogP contribution is 2.29. The van der Waals surface area contributed by atoms with E-state index in [2.05, 4.69) is 37.0 Å². The van der Waals surface area contributed by atoms with E-state index in [0.717, 1.165) is 21.3 Å².